The lowest BCUT2D eigenvalue weighted by molar-refractivity contribution is -0.141. The third-order valence-corrected chi connectivity index (χ3v) is 4.32. The number of rotatable bonds is 3. The minimum Gasteiger partial charge on any atom is -0.383 e. The van der Waals surface area contributed by atoms with Gasteiger partial charge in [0.1, 0.15) is 11.5 Å². The molecule has 0 aromatic carbocycles. The Bertz CT molecular complexity index is 780. The van der Waals surface area contributed by atoms with Gasteiger partial charge in [0, 0.05) is 31.0 Å². The molecule has 0 bridgehead atoms. The molecule has 0 saturated carbocycles. The van der Waals surface area contributed by atoms with Crippen LogP contribution in [0, 0.1) is 0 Å². The number of pyridine rings is 1. The van der Waals surface area contributed by atoms with Crippen LogP contribution in [0.1, 0.15) is 35.1 Å². The van der Waals surface area contributed by atoms with E-state index in [2.05, 4.69) is 9.97 Å². The number of nitrogen functional groups attached to an aromatic ring is 1. The van der Waals surface area contributed by atoms with Gasteiger partial charge < -0.3 is 20.9 Å². The van der Waals surface area contributed by atoms with Crippen LogP contribution in [-0.2, 0) is 6.18 Å². The lowest BCUT2D eigenvalue weighted by Crippen LogP contribution is -2.35. The molecule has 1 amide bonds. The fourth-order valence-corrected chi connectivity index (χ4v) is 3.02. The highest BCUT2D eigenvalue weighted by Gasteiger charge is 2.33. The van der Waals surface area contributed by atoms with Gasteiger partial charge >= 0.3 is 6.18 Å². The zero-order valence-electron chi connectivity index (χ0n) is 13.2. The minimum absolute atomic E-state index is 0.0146. The molecule has 4 N–H and O–H groups in total. The summed E-state index contributed by atoms with van der Waals surface area (Å²) in [7, 11) is 0. The second-order valence-corrected chi connectivity index (χ2v) is 5.87. The van der Waals surface area contributed by atoms with Crippen molar-refractivity contribution in [3.8, 4) is 0 Å². The Labute approximate surface area is 141 Å². The summed E-state index contributed by atoms with van der Waals surface area (Å²) in [6.45, 7) is 1.10. The highest BCUT2D eigenvalue weighted by molar-refractivity contribution is 5.95. The van der Waals surface area contributed by atoms with Crippen LogP contribution in [0.3, 0.4) is 0 Å². The molecule has 1 aliphatic heterocycles. The third-order valence-electron chi connectivity index (χ3n) is 4.32. The number of carbonyl (C=O) groups excluding carboxylic acids is 1. The smallest absolute Gasteiger partial charge is 0.383 e. The number of piperidine rings is 1. The van der Waals surface area contributed by atoms with E-state index < -0.39 is 17.8 Å². The molecule has 0 spiro atoms. The quantitative estimate of drug-likeness (QED) is 0.875. The average molecular weight is 354 g/mol. The van der Waals surface area contributed by atoms with E-state index in [0.29, 0.717) is 31.6 Å². The number of hydrogen-bond acceptors (Lipinski definition) is 5. The van der Waals surface area contributed by atoms with Gasteiger partial charge in [0.2, 0.25) is 0 Å². The maximum atomic E-state index is 12.8. The van der Waals surface area contributed by atoms with E-state index in [-0.39, 0.29) is 17.6 Å². The van der Waals surface area contributed by atoms with Crippen LogP contribution in [0.5, 0.6) is 0 Å². The fourth-order valence-electron chi connectivity index (χ4n) is 3.02. The van der Waals surface area contributed by atoms with E-state index in [0.717, 1.165) is 12.3 Å². The molecular weight excluding hydrogens is 337 g/mol. The Morgan fingerprint density at radius 1 is 1.24 bits per heavy atom. The SMILES string of the molecule is NC(=O)c1ncn(C2CCN(c3ccnc(C(F)(F)F)c3)CC2)c1N. The molecule has 25 heavy (non-hydrogen) atoms. The highest BCUT2D eigenvalue weighted by Crippen LogP contribution is 2.32. The Morgan fingerprint density at radius 2 is 1.92 bits per heavy atom. The summed E-state index contributed by atoms with van der Waals surface area (Å²) in [6, 6.07) is 2.63. The number of carbonyl (C=O) groups is 1. The lowest BCUT2D eigenvalue weighted by Gasteiger charge is -2.34. The van der Waals surface area contributed by atoms with Crippen LogP contribution < -0.4 is 16.4 Å². The second-order valence-electron chi connectivity index (χ2n) is 5.87. The predicted octanol–water partition coefficient (Wildman–Crippen LogP) is 1.82. The molecule has 2 aromatic heterocycles. The molecule has 3 heterocycles. The molecule has 2 aromatic rings. The Hall–Kier alpha value is -2.78. The highest BCUT2D eigenvalue weighted by atomic mass is 19.4. The van der Waals surface area contributed by atoms with Crippen molar-refractivity contribution < 1.29 is 18.0 Å². The molecule has 0 radical (unpaired) electrons. The van der Waals surface area contributed by atoms with Crippen LogP contribution in [-0.4, -0.2) is 33.5 Å². The first-order valence-corrected chi connectivity index (χ1v) is 7.67. The monoisotopic (exact) mass is 354 g/mol. The molecule has 7 nitrogen and oxygen atoms in total. The molecule has 0 unspecified atom stereocenters. The molecule has 1 saturated heterocycles. The normalized spacial score (nSPS) is 16.2. The topological polar surface area (TPSA) is 103 Å². The standard InChI is InChI=1S/C15H17F3N6O/c16-15(17,18)11-7-10(1-4-21-11)23-5-2-9(3-6-23)24-8-22-12(13(24)19)14(20)25/h1,4,7-9H,2-3,5-6,19H2,(H2,20,25). The van der Waals surface area contributed by atoms with Gasteiger partial charge in [-0.15, -0.1) is 0 Å². The first-order valence-electron chi connectivity index (χ1n) is 7.67. The number of hydrogen-bond donors (Lipinski definition) is 2. The van der Waals surface area contributed by atoms with Crippen molar-refractivity contribution in [3.05, 3.63) is 36.0 Å². The van der Waals surface area contributed by atoms with E-state index in [1.54, 1.807) is 10.6 Å². The van der Waals surface area contributed by atoms with Crippen LogP contribution >= 0.6 is 0 Å². The van der Waals surface area contributed by atoms with Crippen molar-refractivity contribution >= 4 is 17.4 Å². The van der Waals surface area contributed by atoms with Crippen LogP contribution in [0.25, 0.3) is 0 Å². The van der Waals surface area contributed by atoms with Crippen molar-refractivity contribution in [2.75, 3.05) is 23.7 Å². The van der Waals surface area contributed by atoms with Gasteiger partial charge in [0.05, 0.1) is 6.33 Å². The molecule has 134 valence electrons. The number of imidazole rings is 1. The van der Waals surface area contributed by atoms with Gasteiger partial charge in [-0.05, 0) is 25.0 Å². The Morgan fingerprint density at radius 3 is 2.48 bits per heavy atom. The van der Waals surface area contributed by atoms with Crippen molar-refractivity contribution in [1.29, 1.82) is 0 Å². The van der Waals surface area contributed by atoms with Gasteiger partial charge in [-0.25, -0.2) is 4.98 Å². The van der Waals surface area contributed by atoms with Crippen molar-refractivity contribution in [2.45, 2.75) is 25.1 Å². The van der Waals surface area contributed by atoms with E-state index in [1.165, 1.54) is 6.33 Å². The molecule has 3 rings (SSSR count). The number of aromatic nitrogens is 3. The van der Waals surface area contributed by atoms with Crippen molar-refractivity contribution in [1.82, 2.24) is 14.5 Å². The molecular formula is C15H17F3N6O. The molecule has 0 atom stereocenters. The number of nitrogens with two attached hydrogens (primary N) is 2. The number of alkyl halides is 3. The van der Waals surface area contributed by atoms with Gasteiger partial charge in [0.25, 0.3) is 5.91 Å². The van der Waals surface area contributed by atoms with E-state index in [1.807, 2.05) is 4.90 Å². The van der Waals surface area contributed by atoms with E-state index >= 15 is 0 Å². The van der Waals surface area contributed by atoms with Crippen molar-refractivity contribution in [3.63, 3.8) is 0 Å². The van der Waals surface area contributed by atoms with Crippen LogP contribution in [0.2, 0.25) is 0 Å². The number of nitrogens with zero attached hydrogens (tertiary/aromatic N) is 4. The van der Waals surface area contributed by atoms with Gasteiger partial charge in [-0.3, -0.25) is 9.78 Å². The Kier molecular flexibility index (Phi) is 4.27. The molecule has 1 aliphatic rings. The number of amides is 1. The summed E-state index contributed by atoms with van der Waals surface area (Å²) in [5.41, 5.74) is 10.7. The number of halogens is 3. The zero-order valence-corrected chi connectivity index (χ0v) is 13.2. The summed E-state index contributed by atoms with van der Waals surface area (Å²) in [4.78, 5) is 20.4. The van der Waals surface area contributed by atoms with Gasteiger partial charge in [0.15, 0.2) is 5.69 Å². The maximum absolute atomic E-state index is 12.8. The largest absolute Gasteiger partial charge is 0.433 e. The summed E-state index contributed by atoms with van der Waals surface area (Å²) in [5.74, 6) is -0.473. The first-order chi connectivity index (χ1) is 11.8. The molecule has 10 heteroatoms. The third kappa shape index (κ3) is 3.37. The maximum Gasteiger partial charge on any atom is 0.433 e. The Balaban J connectivity index is 1.71. The summed E-state index contributed by atoms with van der Waals surface area (Å²) < 4.78 is 40.1. The fraction of sp³-hybridized carbons (Fsp3) is 0.400. The zero-order chi connectivity index (χ0) is 18.2. The first kappa shape index (κ1) is 17.1. The summed E-state index contributed by atoms with van der Waals surface area (Å²) in [6.07, 6.45) is -0.517. The average Bonchev–Trinajstić information content (AvgIpc) is 2.96. The second kappa shape index (κ2) is 6.26. The molecule has 0 aliphatic carbocycles. The van der Waals surface area contributed by atoms with Crippen molar-refractivity contribution in [2.24, 2.45) is 5.73 Å². The van der Waals surface area contributed by atoms with E-state index in [4.69, 9.17) is 11.5 Å². The van der Waals surface area contributed by atoms with Gasteiger partial charge in [-0.1, -0.05) is 0 Å². The number of primary amides is 1. The van der Waals surface area contributed by atoms with E-state index in [9.17, 15) is 18.0 Å². The lowest BCUT2D eigenvalue weighted by atomic mass is 10.0. The summed E-state index contributed by atoms with van der Waals surface area (Å²) >= 11 is 0. The minimum atomic E-state index is -4.47. The van der Waals surface area contributed by atoms with Gasteiger partial charge in [-0.2, -0.15) is 13.2 Å². The van der Waals surface area contributed by atoms with Crippen LogP contribution in [0.4, 0.5) is 24.7 Å². The summed E-state index contributed by atoms with van der Waals surface area (Å²) in [5, 5.41) is 0. The van der Waals surface area contributed by atoms with Crippen LogP contribution in [0.15, 0.2) is 24.7 Å². The molecule has 1 fully saturated rings. The predicted molar refractivity (Wildman–Crippen MR) is 84.9 cm³/mol. The number of anilines is 2.